The van der Waals surface area contributed by atoms with E-state index in [9.17, 15) is 31.2 Å². The van der Waals surface area contributed by atoms with Gasteiger partial charge < -0.3 is 5.32 Å². The number of anilines is 2. The molecule has 0 saturated heterocycles. The number of benzene rings is 3. The van der Waals surface area contributed by atoms with Crippen LogP contribution in [0.3, 0.4) is 0 Å². The third kappa shape index (κ3) is 6.23. The number of urea groups is 1. The highest BCUT2D eigenvalue weighted by Gasteiger charge is 2.30. The van der Waals surface area contributed by atoms with Crippen LogP contribution < -0.4 is 20.9 Å². The summed E-state index contributed by atoms with van der Waals surface area (Å²) in [6.45, 7) is 0. The molecule has 8 nitrogen and oxygen atoms in total. The Balaban J connectivity index is 1.65. The van der Waals surface area contributed by atoms with Crippen LogP contribution in [-0.2, 0) is 16.2 Å². The van der Waals surface area contributed by atoms with Gasteiger partial charge in [-0.1, -0.05) is 30.3 Å². The highest BCUT2D eigenvalue weighted by Crippen LogP contribution is 2.30. The smallest absolute Gasteiger partial charge is 0.355 e. The molecular formula is C21H17F3N4O4S. The molecule has 0 aliphatic carbocycles. The first kappa shape index (κ1) is 23.6. The standard InChI is InChI=1S/C21H17F3N4O4S/c22-21(23,24)14-10-12-15(13-11-14)25-18-9-5-4-8-17(18)19(29)26-27-20(30)28-33(31,32)16-6-2-1-3-7-16/h1-13,25H,(H,26,29)(H2,27,28,30). The van der Waals surface area contributed by atoms with Crippen LogP contribution in [0, 0.1) is 0 Å². The molecule has 33 heavy (non-hydrogen) atoms. The van der Waals surface area contributed by atoms with Crippen molar-refractivity contribution in [2.75, 3.05) is 5.32 Å². The number of nitrogens with one attached hydrogen (secondary N) is 4. The molecule has 3 aromatic carbocycles. The first-order chi connectivity index (χ1) is 15.6. The van der Waals surface area contributed by atoms with E-state index in [1.54, 1.807) is 16.9 Å². The Labute approximate surface area is 186 Å². The van der Waals surface area contributed by atoms with E-state index in [2.05, 4.69) is 10.7 Å². The first-order valence-corrected chi connectivity index (χ1v) is 10.8. The fourth-order valence-corrected chi connectivity index (χ4v) is 3.60. The Kier molecular flexibility index (Phi) is 6.87. The highest BCUT2D eigenvalue weighted by molar-refractivity contribution is 7.90. The molecule has 0 aliphatic heterocycles. The van der Waals surface area contributed by atoms with Gasteiger partial charge >= 0.3 is 12.2 Å². The van der Waals surface area contributed by atoms with Crippen LogP contribution in [0.25, 0.3) is 0 Å². The molecule has 0 saturated carbocycles. The van der Waals surface area contributed by atoms with Gasteiger partial charge in [-0.05, 0) is 48.5 Å². The Morgan fingerprint density at radius 1 is 0.758 bits per heavy atom. The molecule has 0 atom stereocenters. The summed E-state index contributed by atoms with van der Waals surface area (Å²) in [5.41, 5.74) is 3.78. The van der Waals surface area contributed by atoms with Crippen LogP contribution in [0.5, 0.6) is 0 Å². The lowest BCUT2D eigenvalue weighted by molar-refractivity contribution is -0.137. The second-order valence-corrected chi connectivity index (χ2v) is 8.25. The van der Waals surface area contributed by atoms with Crippen molar-refractivity contribution >= 4 is 33.3 Å². The van der Waals surface area contributed by atoms with Gasteiger partial charge in [-0.3, -0.25) is 10.2 Å². The molecule has 3 rings (SSSR count). The van der Waals surface area contributed by atoms with Crippen LogP contribution in [0.2, 0.25) is 0 Å². The fraction of sp³-hybridized carbons (Fsp3) is 0.0476. The van der Waals surface area contributed by atoms with Crippen molar-refractivity contribution in [2.45, 2.75) is 11.1 Å². The van der Waals surface area contributed by atoms with Gasteiger partial charge in [-0.25, -0.2) is 23.4 Å². The number of rotatable bonds is 5. The van der Waals surface area contributed by atoms with Crippen LogP contribution in [0.4, 0.5) is 29.3 Å². The molecule has 4 N–H and O–H groups in total. The number of hydrogen-bond donors (Lipinski definition) is 4. The first-order valence-electron chi connectivity index (χ1n) is 9.28. The molecule has 0 aromatic heterocycles. The van der Waals surface area contributed by atoms with E-state index in [4.69, 9.17) is 0 Å². The summed E-state index contributed by atoms with van der Waals surface area (Å²) in [7, 11) is -4.14. The minimum Gasteiger partial charge on any atom is -0.355 e. The summed E-state index contributed by atoms with van der Waals surface area (Å²) in [5.74, 6) is -0.794. The van der Waals surface area contributed by atoms with E-state index in [0.29, 0.717) is 5.69 Å². The molecule has 0 fully saturated rings. The summed E-state index contributed by atoms with van der Waals surface area (Å²) in [4.78, 5) is 24.3. The molecule has 0 radical (unpaired) electrons. The molecule has 0 unspecified atom stereocenters. The number of halogens is 3. The number of alkyl halides is 3. The highest BCUT2D eigenvalue weighted by atomic mass is 32.2. The lowest BCUT2D eigenvalue weighted by atomic mass is 10.1. The topological polar surface area (TPSA) is 116 Å². The minimum absolute atomic E-state index is 0.0450. The molecular weight excluding hydrogens is 461 g/mol. The Bertz CT molecular complexity index is 1250. The van der Waals surface area contributed by atoms with Crippen LogP contribution >= 0.6 is 0 Å². The summed E-state index contributed by atoms with van der Waals surface area (Å²) in [6.07, 6.45) is -4.48. The average molecular weight is 478 g/mol. The van der Waals surface area contributed by atoms with Crippen molar-refractivity contribution < 1.29 is 31.2 Å². The summed E-state index contributed by atoms with van der Waals surface area (Å²) < 4.78 is 64.2. The third-order valence-electron chi connectivity index (χ3n) is 4.23. The van der Waals surface area contributed by atoms with Gasteiger partial charge in [0.05, 0.1) is 21.7 Å². The van der Waals surface area contributed by atoms with Crippen molar-refractivity contribution in [3.8, 4) is 0 Å². The Morgan fingerprint density at radius 3 is 2.00 bits per heavy atom. The van der Waals surface area contributed by atoms with E-state index in [0.717, 1.165) is 12.1 Å². The van der Waals surface area contributed by atoms with E-state index < -0.39 is 33.7 Å². The lowest BCUT2D eigenvalue weighted by Crippen LogP contribution is -2.48. The zero-order chi connectivity index (χ0) is 24.1. The van der Waals surface area contributed by atoms with Crippen molar-refractivity contribution in [2.24, 2.45) is 0 Å². The number of sulfonamides is 1. The van der Waals surface area contributed by atoms with E-state index in [1.807, 2.05) is 5.43 Å². The molecule has 0 aliphatic rings. The van der Waals surface area contributed by atoms with Gasteiger partial charge in [0.25, 0.3) is 15.9 Å². The number of hydrazine groups is 1. The average Bonchev–Trinajstić information content (AvgIpc) is 2.78. The van der Waals surface area contributed by atoms with Crippen molar-refractivity contribution in [1.29, 1.82) is 0 Å². The monoisotopic (exact) mass is 478 g/mol. The van der Waals surface area contributed by atoms with Crippen molar-refractivity contribution in [3.63, 3.8) is 0 Å². The third-order valence-corrected chi connectivity index (χ3v) is 5.58. The second-order valence-electron chi connectivity index (χ2n) is 6.57. The zero-order valence-corrected chi connectivity index (χ0v) is 17.5. The predicted octanol–water partition coefficient (Wildman–Crippen LogP) is 3.78. The van der Waals surface area contributed by atoms with Crippen LogP contribution in [0.15, 0.2) is 83.8 Å². The maximum absolute atomic E-state index is 12.7. The lowest BCUT2D eigenvalue weighted by Gasteiger charge is -2.14. The van der Waals surface area contributed by atoms with E-state index in [1.165, 1.54) is 54.6 Å². The zero-order valence-electron chi connectivity index (χ0n) is 16.7. The molecule has 12 heteroatoms. The van der Waals surface area contributed by atoms with E-state index >= 15 is 0 Å². The molecule has 0 spiro atoms. The van der Waals surface area contributed by atoms with Crippen molar-refractivity contribution in [1.82, 2.24) is 15.6 Å². The SMILES string of the molecule is O=C(NNC(=O)c1ccccc1Nc1ccc(C(F)(F)F)cc1)NS(=O)(=O)c1ccccc1. The maximum Gasteiger partial charge on any atom is 0.416 e. The molecule has 172 valence electrons. The summed E-state index contributed by atoms with van der Waals surface area (Å²) in [5, 5.41) is 2.83. The van der Waals surface area contributed by atoms with E-state index in [-0.39, 0.29) is 16.1 Å². The number of hydrogen-bond acceptors (Lipinski definition) is 5. The van der Waals surface area contributed by atoms with Gasteiger partial charge in [0.2, 0.25) is 0 Å². The van der Waals surface area contributed by atoms with Gasteiger partial charge in [-0.2, -0.15) is 13.2 Å². The second kappa shape index (κ2) is 9.61. The van der Waals surface area contributed by atoms with Gasteiger partial charge in [0, 0.05) is 5.69 Å². The molecule has 0 bridgehead atoms. The molecule has 0 heterocycles. The Hall–Kier alpha value is -4.06. The van der Waals surface area contributed by atoms with Crippen molar-refractivity contribution in [3.05, 3.63) is 90.0 Å². The van der Waals surface area contributed by atoms with Gasteiger partial charge in [-0.15, -0.1) is 0 Å². The number of amides is 3. The Morgan fingerprint density at radius 2 is 1.36 bits per heavy atom. The molecule has 3 aromatic rings. The van der Waals surface area contributed by atoms with Gasteiger partial charge in [0.15, 0.2) is 0 Å². The molecule has 3 amide bonds. The fourth-order valence-electron chi connectivity index (χ4n) is 2.68. The quantitative estimate of drug-likeness (QED) is 0.417. The van der Waals surface area contributed by atoms with Crippen LogP contribution in [0.1, 0.15) is 15.9 Å². The number of carbonyl (C=O) groups excluding carboxylic acids is 2. The summed E-state index contributed by atoms with van der Waals surface area (Å²) in [6, 6.07) is 16.2. The number of para-hydroxylation sites is 1. The normalized spacial score (nSPS) is 11.4. The minimum atomic E-state index is -4.48. The summed E-state index contributed by atoms with van der Waals surface area (Å²) >= 11 is 0. The predicted molar refractivity (Wildman–Crippen MR) is 114 cm³/mol. The van der Waals surface area contributed by atoms with Gasteiger partial charge in [0.1, 0.15) is 0 Å². The number of carbonyl (C=O) groups is 2. The van der Waals surface area contributed by atoms with Crippen LogP contribution in [-0.4, -0.2) is 20.4 Å². The maximum atomic E-state index is 12.7. The largest absolute Gasteiger partial charge is 0.416 e.